The number of pyridine rings is 1. The van der Waals surface area contributed by atoms with Crippen molar-refractivity contribution < 1.29 is 23.8 Å². The smallest absolute Gasteiger partial charge is 0.339 e. The number of ether oxygens (including phenoxy) is 1. The summed E-state index contributed by atoms with van der Waals surface area (Å²) >= 11 is 0. The van der Waals surface area contributed by atoms with Crippen molar-refractivity contribution in [1.82, 2.24) is 10.3 Å². The van der Waals surface area contributed by atoms with Crippen LogP contribution in [0.15, 0.2) is 28.8 Å². The number of nitrogens with one attached hydrogen (secondary N) is 2. The number of carbonyl (C=O) groups is 2. The molecule has 2 aromatic heterocycles. The van der Waals surface area contributed by atoms with Gasteiger partial charge in [-0.1, -0.05) is 0 Å². The third-order valence-corrected chi connectivity index (χ3v) is 3.71. The molecular weight excluding hydrogens is 338 g/mol. The molecule has 140 valence electrons. The first kappa shape index (κ1) is 19.5. The summed E-state index contributed by atoms with van der Waals surface area (Å²) in [5.41, 5.74) is -0.194. The SMILES string of the molecule is CCOC(=O)c1cnc(C)c(NC(=O)NCC(C)(O)c2ccc(C)o2)c1. The maximum absolute atomic E-state index is 12.1. The highest BCUT2D eigenvalue weighted by Crippen LogP contribution is 2.22. The Labute approximate surface area is 151 Å². The van der Waals surface area contributed by atoms with Crippen LogP contribution < -0.4 is 10.6 Å². The molecule has 0 spiro atoms. The van der Waals surface area contributed by atoms with Gasteiger partial charge in [-0.2, -0.15) is 0 Å². The molecule has 2 amide bonds. The van der Waals surface area contributed by atoms with Crippen molar-refractivity contribution in [3.8, 4) is 0 Å². The van der Waals surface area contributed by atoms with Crippen molar-refractivity contribution in [3.63, 3.8) is 0 Å². The highest BCUT2D eigenvalue weighted by Gasteiger charge is 2.27. The summed E-state index contributed by atoms with van der Waals surface area (Å²) in [6.07, 6.45) is 1.39. The van der Waals surface area contributed by atoms with Crippen LogP contribution in [0.3, 0.4) is 0 Å². The molecule has 0 radical (unpaired) electrons. The predicted octanol–water partition coefficient (Wildman–Crippen LogP) is 2.50. The zero-order valence-electron chi connectivity index (χ0n) is 15.3. The average molecular weight is 361 g/mol. The lowest BCUT2D eigenvalue weighted by Crippen LogP contribution is -2.40. The van der Waals surface area contributed by atoms with Crippen LogP contribution in [0.4, 0.5) is 10.5 Å². The number of carbonyl (C=O) groups excluding carboxylic acids is 2. The van der Waals surface area contributed by atoms with Gasteiger partial charge in [0.2, 0.25) is 0 Å². The Bertz CT molecular complexity index is 798. The van der Waals surface area contributed by atoms with Crippen molar-refractivity contribution in [2.45, 2.75) is 33.3 Å². The Morgan fingerprint density at radius 3 is 2.69 bits per heavy atom. The number of aromatic nitrogens is 1. The summed E-state index contributed by atoms with van der Waals surface area (Å²) in [7, 11) is 0. The summed E-state index contributed by atoms with van der Waals surface area (Å²) in [5, 5.41) is 15.6. The minimum atomic E-state index is -1.36. The lowest BCUT2D eigenvalue weighted by Gasteiger charge is -2.21. The van der Waals surface area contributed by atoms with Gasteiger partial charge in [0.15, 0.2) is 0 Å². The summed E-state index contributed by atoms with van der Waals surface area (Å²) < 4.78 is 10.3. The Balaban J connectivity index is 2.01. The van der Waals surface area contributed by atoms with E-state index in [0.717, 1.165) is 0 Å². The van der Waals surface area contributed by atoms with Crippen LogP contribution in [-0.4, -0.2) is 35.2 Å². The Hall–Kier alpha value is -2.87. The molecule has 0 bridgehead atoms. The van der Waals surface area contributed by atoms with E-state index in [-0.39, 0.29) is 18.7 Å². The number of anilines is 1. The van der Waals surface area contributed by atoms with Gasteiger partial charge in [0.25, 0.3) is 0 Å². The van der Waals surface area contributed by atoms with Crippen LogP contribution in [0.5, 0.6) is 0 Å². The van der Waals surface area contributed by atoms with Crippen LogP contribution in [-0.2, 0) is 10.3 Å². The largest absolute Gasteiger partial charge is 0.463 e. The maximum Gasteiger partial charge on any atom is 0.339 e. The van der Waals surface area contributed by atoms with Crippen molar-refractivity contribution in [2.75, 3.05) is 18.5 Å². The van der Waals surface area contributed by atoms with Crippen molar-refractivity contribution >= 4 is 17.7 Å². The molecule has 1 unspecified atom stereocenters. The third kappa shape index (κ3) is 4.82. The van der Waals surface area contributed by atoms with Gasteiger partial charge >= 0.3 is 12.0 Å². The predicted molar refractivity (Wildman–Crippen MR) is 95.0 cm³/mol. The number of amides is 2. The van der Waals surface area contributed by atoms with E-state index in [1.165, 1.54) is 12.3 Å². The van der Waals surface area contributed by atoms with Gasteiger partial charge in [0.05, 0.1) is 30.1 Å². The zero-order chi connectivity index (χ0) is 19.3. The quantitative estimate of drug-likeness (QED) is 0.681. The van der Waals surface area contributed by atoms with Gasteiger partial charge in [0, 0.05) is 6.20 Å². The fourth-order valence-electron chi connectivity index (χ4n) is 2.22. The monoisotopic (exact) mass is 361 g/mol. The van der Waals surface area contributed by atoms with Crippen molar-refractivity contribution in [1.29, 1.82) is 0 Å². The first-order valence-electron chi connectivity index (χ1n) is 8.21. The number of aliphatic hydroxyl groups is 1. The van der Waals surface area contributed by atoms with E-state index in [9.17, 15) is 14.7 Å². The van der Waals surface area contributed by atoms with Crippen LogP contribution in [0.2, 0.25) is 0 Å². The summed E-state index contributed by atoms with van der Waals surface area (Å²) in [5.74, 6) is 0.513. The lowest BCUT2D eigenvalue weighted by molar-refractivity contribution is 0.0364. The van der Waals surface area contributed by atoms with E-state index in [2.05, 4.69) is 15.6 Å². The molecule has 2 heterocycles. The van der Waals surface area contributed by atoms with Crippen LogP contribution in [0.1, 0.15) is 41.4 Å². The summed E-state index contributed by atoms with van der Waals surface area (Å²) in [6.45, 7) is 6.91. The molecule has 8 heteroatoms. The van der Waals surface area contributed by atoms with Gasteiger partial charge in [-0.3, -0.25) is 4.98 Å². The average Bonchev–Trinajstić information content (AvgIpc) is 3.03. The standard InChI is InChI=1S/C18H23N3O5/c1-5-25-16(22)13-8-14(12(3)19-9-13)21-17(23)20-10-18(4,24)15-7-6-11(2)26-15/h6-9,24H,5,10H2,1-4H3,(H2,20,21,23). The normalized spacial score (nSPS) is 13.0. The Kier molecular flexibility index (Phi) is 5.99. The van der Waals surface area contributed by atoms with E-state index in [0.29, 0.717) is 22.9 Å². The minimum Gasteiger partial charge on any atom is -0.463 e. The van der Waals surface area contributed by atoms with Gasteiger partial charge in [-0.05, 0) is 45.9 Å². The molecule has 26 heavy (non-hydrogen) atoms. The lowest BCUT2D eigenvalue weighted by atomic mass is 10.0. The second kappa shape index (κ2) is 8.01. The fraction of sp³-hybridized carbons (Fsp3) is 0.389. The summed E-state index contributed by atoms with van der Waals surface area (Å²) in [4.78, 5) is 28.0. The van der Waals surface area contributed by atoms with Crippen molar-refractivity contribution in [3.05, 3.63) is 47.2 Å². The number of nitrogens with zero attached hydrogens (tertiary/aromatic N) is 1. The molecule has 2 rings (SSSR count). The van der Waals surface area contributed by atoms with Crippen molar-refractivity contribution in [2.24, 2.45) is 0 Å². The molecule has 0 aliphatic heterocycles. The number of urea groups is 1. The van der Waals surface area contributed by atoms with E-state index in [1.807, 2.05) is 0 Å². The van der Waals surface area contributed by atoms with E-state index >= 15 is 0 Å². The Morgan fingerprint density at radius 2 is 2.08 bits per heavy atom. The second-order valence-corrected chi connectivity index (χ2v) is 6.07. The number of furan rings is 1. The molecule has 0 aromatic carbocycles. The van der Waals surface area contributed by atoms with Crippen LogP contribution >= 0.6 is 0 Å². The van der Waals surface area contributed by atoms with E-state index in [4.69, 9.17) is 9.15 Å². The maximum atomic E-state index is 12.1. The Morgan fingerprint density at radius 1 is 1.35 bits per heavy atom. The first-order chi connectivity index (χ1) is 12.2. The number of esters is 1. The molecule has 0 aliphatic carbocycles. The molecule has 8 nitrogen and oxygen atoms in total. The molecular formula is C18H23N3O5. The molecule has 0 aliphatic rings. The van der Waals surface area contributed by atoms with E-state index in [1.54, 1.807) is 39.8 Å². The highest BCUT2D eigenvalue weighted by atomic mass is 16.5. The molecule has 2 aromatic rings. The molecule has 0 saturated carbocycles. The van der Waals surface area contributed by atoms with Gasteiger partial charge in [0.1, 0.15) is 17.1 Å². The second-order valence-electron chi connectivity index (χ2n) is 6.07. The van der Waals surface area contributed by atoms with E-state index < -0.39 is 17.6 Å². The number of rotatable bonds is 6. The van der Waals surface area contributed by atoms with Crippen LogP contribution in [0.25, 0.3) is 0 Å². The molecule has 1 atom stereocenters. The zero-order valence-corrected chi connectivity index (χ0v) is 15.3. The van der Waals surface area contributed by atoms with Gasteiger partial charge < -0.3 is 24.9 Å². The number of aryl methyl sites for hydroxylation is 2. The molecule has 3 N–H and O–H groups in total. The molecule has 0 fully saturated rings. The number of hydrogen-bond donors (Lipinski definition) is 3. The van der Waals surface area contributed by atoms with Crippen LogP contribution in [0, 0.1) is 13.8 Å². The number of hydrogen-bond acceptors (Lipinski definition) is 6. The van der Waals surface area contributed by atoms with Gasteiger partial charge in [-0.25, -0.2) is 9.59 Å². The topological polar surface area (TPSA) is 114 Å². The summed E-state index contributed by atoms with van der Waals surface area (Å²) in [6, 6.07) is 4.35. The highest BCUT2D eigenvalue weighted by molar-refractivity contribution is 5.94. The third-order valence-electron chi connectivity index (χ3n) is 3.71. The van der Waals surface area contributed by atoms with Gasteiger partial charge in [-0.15, -0.1) is 0 Å². The fourth-order valence-corrected chi connectivity index (χ4v) is 2.22. The molecule has 0 saturated heterocycles. The first-order valence-corrected chi connectivity index (χ1v) is 8.21. The minimum absolute atomic E-state index is 0.0597.